The monoisotopic (exact) mass is 275 g/mol. The van der Waals surface area contributed by atoms with Gasteiger partial charge in [0.1, 0.15) is 0 Å². The highest BCUT2D eigenvalue weighted by atomic mass is 16.5. The first kappa shape index (κ1) is 14.5. The summed E-state index contributed by atoms with van der Waals surface area (Å²) in [6, 6.07) is 2.01. The molecular formula is C14H21N5O. The molecule has 2 aromatic heterocycles. The lowest BCUT2D eigenvalue weighted by molar-refractivity contribution is 0.183. The minimum atomic E-state index is 0.377. The summed E-state index contributed by atoms with van der Waals surface area (Å²) in [5.74, 6) is 0.988. The number of nitrogens with zero attached hydrogens (tertiary/aromatic N) is 4. The molecule has 6 heteroatoms. The highest BCUT2D eigenvalue weighted by Gasteiger charge is 2.07. The highest BCUT2D eigenvalue weighted by molar-refractivity contribution is 5.50. The fraction of sp³-hybridized carbons (Fsp3) is 0.500. The minimum Gasteiger partial charge on any atom is -0.383 e. The van der Waals surface area contributed by atoms with Crippen LogP contribution in [0.5, 0.6) is 0 Å². The number of hydrogen-bond acceptors (Lipinski definition) is 5. The predicted molar refractivity (Wildman–Crippen MR) is 78.2 cm³/mol. The largest absolute Gasteiger partial charge is 0.383 e. The van der Waals surface area contributed by atoms with Crippen molar-refractivity contribution in [1.82, 2.24) is 19.7 Å². The van der Waals surface area contributed by atoms with E-state index in [-0.39, 0.29) is 0 Å². The van der Waals surface area contributed by atoms with Gasteiger partial charge < -0.3 is 10.1 Å². The standard InChI is InChI=1S/C14H21N5O/c1-10(2)13-7-11(3)16-14(18-13)17-12-8-15-19(9-12)5-6-20-4/h7-10H,5-6H2,1-4H3,(H,16,17,18). The van der Waals surface area contributed by atoms with Gasteiger partial charge in [-0.25, -0.2) is 9.97 Å². The summed E-state index contributed by atoms with van der Waals surface area (Å²) in [4.78, 5) is 8.91. The molecule has 6 nitrogen and oxygen atoms in total. The third-order valence-corrected chi connectivity index (χ3v) is 2.88. The molecule has 2 heterocycles. The van der Waals surface area contributed by atoms with Crippen molar-refractivity contribution in [2.24, 2.45) is 0 Å². The van der Waals surface area contributed by atoms with Gasteiger partial charge in [-0.2, -0.15) is 5.10 Å². The Morgan fingerprint density at radius 2 is 2.15 bits per heavy atom. The Labute approximate surface area is 119 Å². The maximum absolute atomic E-state index is 5.03. The van der Waals surface area contributed by atoms with E-state index in [9.17, 15) is 0 Å². The van der Waals surface area contributed by atoms with Gasteiger partial charge in [0.2, 0.25) is 5.95 Å². The molecule has 108 valence electrons. The number of methoxy groups -OCH3 is 1. The third-order valence-electron chi connectivity index (χ3n) is 2.88. The number of hydrogen-bond donors (Lipinski definition) is 1. The van der Waals surface area contributed by atoms with Crippen LogP contribution in [-0.4, -0.2) is 33.5 Å². The molecule has 0 aliphatic rings. The summed E-state index contributed by atoms with van der Waals surface area (Å²) in [7, 11) is 1.68. The average molecular weight is 275 g/mol. The van der Waals surface area contributed by atoms with Crippen LogP contribution in [0, 0.1) is 6.92 Å². The van der Waals surface area contributed by atoms with E-state index in [2.05, 4.69) is 34.2 Å². The molecule has 2 aromatic rings. The van der Waals surface area contributed by atoms with Crippen LogP contribution < -0.4 is 5.32 Å². The van der Waals surface area contributed by atoms with E-state index in [1.165, 1.54) is 0 Å². The van der Waals surface area contributed by atoms with Crippen LogP contribution in [0.2, 0.25) is 0 Å². The molecule has 1 N–H and O–H groups in total. The second-order valence-corrected chi connectivity index (χ2v) is 5.02. The van der Waals surface area contributed by atoms with Gasteiger partial charge in [-0.05, 0) is 18.9 Å². The van der Waals surface area contributed by atoms with Crippen LogP contribution in [0.15, 0.2) is 18.5 Å². The van der Waals surface area contributed by atoms with Crippen molar-refractivity contribution < 1.29 is 4.74 Å². The average Bonchev–Trinajstić information content (AvgIpc) is 2.83. The van der Waals surface area contributed by atoms with Crippen molar-refractivity contribution in [3.05, 3.63) is 29.8 Å². The first-order valence-electron chi connectivity index (χ1n) is 6.72. The number of aryl methyl sites for hydroxylation is 1. The Kier molecular flexibility index (Phi) is 4.68. The third kappa shape index (κ3) is 3.77. The van der Waals surface area contributed by atoms with Gasteiger partial charge in [0, 0.05) is 24.7 Å². The molecule has 0 fully saturated rings. The van der Waals surface area contributed by atoms with Crippen molar-refractivity contribution in [3.63, 3.8) is 0 Å². The van der Waals surface area contributed by atoms with E-state index in [1.807, 2.05) is 23.9 Å². The number of rotatable bonds is 6. The zero-order chi connectivity index (χ0) is 14.5. The molecule has 0 atom stereocenters. The van der Waals surface area contributed by atoms with Crippen molar-refractivity contribution in [2.45, 2.75) is 33.2 Å². The van der Waals surface area contributed by atoms with E-state index >= 15 is 0 Å². The van der Waals surface area contributed by atoms with Gasteiger partial charge in [0.15, 0.2) is 0 Å². The number of anilines is 2. The van der Waals surface area contributed by atoms with Crippen LogP contribution >= 0.6 is 0 Å². The summed E-state index contributed by atoms with van der Waals surface area (Å²) < 4.78 is 6.85. The van der Waals surface area contributed by atoms with Crippen molar-refractivity contribution in [2.75, 3.05) is 19.0 Å². The fourth-order valence-electron chi connectivity index (χ4n) is 1.81. The molecule has 0 aromatic carbocycles. The molecule has 0 radical (unpaired) electrons. The first-order valence-corrected chi connectivity index (χ1v) is 6.72. The molecule has 2 rings (SSSR count). The Balaban J connectivity index is 2.11. The van der Waals surface area contributed by atoms with E-state index in [0.29, 0.717) is 18.5 Å². The van der Waals surface area contributed by atoms with Crippen molar-refractivity contribution in [1.29, 1.82) is 0 Å². The minimum absolute atomic E-state index is 0.377. The highest BCUT2D eigenvalue weighted by Crippen LogP contribution is 2.17. The molecule has 0 amide bonds. The molecule has 0 bridgehead atoms. The van der Waals surface area contributed by atoms with Gasteiger partial charge in [-0.1, -0.05) is 13.8 Å². The Morgan fingerprint density at radius 3 is 2.85 bits per heavy atom. The van der Waals surface area contributed by atoms with E-state index in [1.54, 1.807) is 13.3 Å². The molecule has 0 aliphatic heterocycles. The van der Waals surface area contributed by atoms with Gasteiger partial charge >= 0.3 is 0 Å². The molecule has 0 saturated heterocycles. The maximum atomic E-state index is 5.03. The zero-order valence-corrected chi connectivity index (χ0v) is 12.4. The lowest BCUT2D eigenvalue weighted by atomic mass is 10.1. The molecule has 0 aliphatic carbocycles. The second kappa shape index (κ2) is 6.47. The number of nitrogens with one attached hydrogen (secondary N) is 1. The van der Waals surface area contributed by atoms with Gasteiger partial charge in [-0.15, -0.1) is 0 Å². The van der Waals surface area contributed by atoms with E-state index in [0.717, 1.165) is 23.6 Å². The topological polar surface area (TPSA) is 64.9 Å². The smallest absolute Gasteiger partial charge is 0.227 e. The summed E-state index contributed by atoms with van der Waals surface area (Å²) >= 11 is 0. The van der Waals surface area contributed by atoms with Gasteiger partial charge in [-0.3, -0.25) is 4.68 Å². The summed E-state index contributed by atoms with van der Waals surface area (Å²) in [5.41, 5.74) is 2.87. The Bertz CT molecular complexity index is 564. The Morgan fingerprint density at radius 1 is 1.35 bits per heavy atom. The summed E-state index contributed by atoms with van der Waals surface area (Å²) in [6.07, 6.45) is 3.68. The predicted octanol–water partition coefficient (Wildman–Crippen LogP) is 2.49. The van der Waals surface area contributed by atoms with Crippen LogP contribution in [0.4, 0.5) is 11.6 Å². The second-order valence-electron chi connectivity index (χ2n) is 5.02. The lowest BCUT2D eigenvalue weighted by Gasteiger charge is -2.08. The van der Waals surface area contributed by atoms with Crippen molar-refractivity contribution >= 4 is 11.6 Å². The molecule has 0 unspecified atom stereocenters. The molecular weight excluding hydrogens is 254 g/mol. The molecule has 20 heavy (non-hydrogen) atoms. The Hall–Kier alpha value is -1.95. The lowest BCUT2D eigenvalue weighted by Crippen LogP contribution is -2.04. The van der Waals surface area contributed by atoms with E-state index < -0.39 is 0 Å². The van der Waals surface area contributed by atoms with Crippen LogP contribution in [0.1, 0.15) is 31.2 Å². The van der Waals surface area contributed by atoms with Crippen molar-refractivity contribution in [3.8, 4) is 0 Å². The van der Waals surface area contributed by atoms with Crippen LogP contribution in [0.3, 0.4) is 0 Å². The maximum Gasteiger partial charge on any atom is 0.227 e. The molecule has 0 saturated carbocycles. The molecule has 0 spiro atoms. The zero-order valence-electron chi connectivity index (χ0n) is 12.4. The summed E-state index contributed by atoms with van der Waals surface area (Å²) in [6.45, 7) is 7.58. The van der Waals surface area contributed by atoms with Crippen LogP contribution in [-0.2, 0) is 11.3 Å². The van der Waals surface area contributed by atoms with Gasteiger partial charge in [0.05, 0.1) is 25.0 Å². The summed E-state index contributed by atoms with van der Waals surface area (Å²) in [5, 5.41) is 7.44. The number of aromatic nitrogens is 4. The van der Waals surface area contributed by atoms with Crippen LogP contribution in [0.25, 0.3) is 0 Å². The SMILES string of the molecule is COCCn1cc(Nc2nc(C)cc(C(C)C)n2)cn1. The van der Waals surface area contributed by atoms with E-state index in [4.69, 9.17) is 4.74 Å². The number of ether oxygens (including phenoxy) is 1. The fourth-order valence-corrected chi connectivity index (χ4v) is 1.81. The first-order chi connectivity index (χ1) is 9.58. The normalized spacial score (nSPS) is 11.1. The van der Waals surface area contributed by atoms with Gasteiger partial charge in [0.25, 0.3) is 0 Å². The quantitative estimate of drug-likeness (QED) is 0.877.